The predicted molar refractivity (Wildman–Crippen MR) is 78.5 cm³/mol. The molecule has 116 valence electrons. The highest BCUT2D eigenvalue weighted by atomic mass is 35.7. The van der Waals surface area contributed by atoms with E-state index < -0.39 is 20.8 Å². The van der Waals surface area contributed by atoms with Crippen molar-refractivity contribution in [3.8, 4) is 0 Å². The van der Waals surface area contributed by atoms with Crippen molar-refractivity contribution >= 4 is 25.6 Å². The Hall–Kier alpha value is -1.14. The quantitative estimate of drug-likeness (QED) is 0.782. The minimum atomic E-state index is -4.00. The molecule has 1 saturated heterocycles. The topological polar surface area (TPSA) is 54.5 Å². The van der Waals surface area contributed by atoms with E-state index in [0.29, 0.717) is 19.0 Å². The SMILES string of the molecule is Cc1cc(S(=O)(=O)Cl)cc(C(=O)N2CCC(C)CC2)c1F. The summed E-state index contributed by atoms with van der Waals surface area (Å²) in [6, 6.07) is 2.15. The Morgan fingerprint density at radius 1 is 1.33 bits per heavy atom. The molecule has 0 aromatic heterocycles. The summed E-state index contributed by atoms with van der Waals surface area (Å²) in [6.45, 7) is 4.62. The molecule has 0 unspecified atom stereocenters. The van der Waals surface area contributed by atoms with Gasteiger partial charge >= 0.3 is 0 Å². The molecule has 0 atom stereocenters. The van der Waals surface area contributed by atoms with Crippen LogP contribution >= 0.6 is 10.7 Å². The Labute approximate surface area is 128 Å². The number of rotatable bonds is 2. The van der Waals surface area contributed by atoms with Gasteiger partial charge in [0, 0.05) is 23.8 Å². The third-order valence-electron chi connectivity index (χ3n) is 3.81. The minimum absolute atomic E-state index is 0.0884. The molecule has 21 heavy (non-hydrogen) atoms. The number of piperidine rings is 1. The molecular weight excluding hydrogens is 317 g/mol. The summed E-state index contributed by atoms with van der Waals surface area (Å²) in [5.41, 5.74) is -0.144. The van der Waals surface area contributed by atoms with Crippen LogP contribution in [0.5, 0.6) is 0 Å². The smallest absolute Gasteiger partial charge is 0.261 e. The molecule has 1 aliphatic rings. The molecular formula is C14H17ClFNO3S. The molecule has 1 amide bonds. The van der Waals surface area contributed by atoms with Crippen molar-refractivity contribution in [2.24, 2.45) is 5.92 Å². The van der Waals surface area contributed by atoms with Crippen LogP contribution in [0.25, 0.3) is 0 Å². The van der Waals surface area contributed by atoms with E-state index in [0.717, 1.165) is 25.0 Å². The predicted octanol–water partition coefficient (Wildman–Crippen LogP) is 2.93. The molecule has 2 rings (SSSR count). The van der Waals surface area contributed by atoms with Crippen LogP contribution in [0.1, 0.15) is 35.7 Å². The third-order valence-corrected chi connectivity index (χ3v) is 5.14. The van der Waals surface area contributed by atoms with Crippen molar-refractivity contribution in [3.05, 3.63) is 29.1 Å². The van der Waals surface area contributed by atoms with Gasteiger partial charge in [-0.25, -0.2) is 12.8 Å². The standard InChI is InChI=1S/C14H17ClFNO3S/c1-9-3-5-17(6-4-9)14(18)12-8-11(21(15,19)20)7-10(2)13(12)16/h7-9H,3-6H2,1-2H3. The number of halogens is 2. The van der Waals surface area contributed by atoms with Gasteiger partial charge in [0.25, 0.3) is 15.0 Å². The molecule has 1 aromatic rings. The van der Waals surface area contributed by atoms with Gasteiger partial charge in [-0.15, -0.1) is 0 Å². The fourth-order valence-electron chi connectivity index (χ4n) is 2.41. The number of carbonyl (C=O) groups excluding carboxylic acids is 1. The van der Waals surface area contributed by atoms with E-state index in [2.05, 4.69) is 6.92 Å². The first-order valence-corrected chi connectivity index (χ1v) is 9.05. The maximum Gasteiger partial charge on any atom is 0.261 e. The van der Waals surface area contributed by atoms with E-state index in [4.69, 9.17) is 10.7 Å². The highest BCUT2D eigenvalue weighted by molar-refractivity contribution is 8.13. The summed E-state index contributed by atoms with van der Waals surface area (Å²) < 4.78 is 37.0. The van der Waals surface area contributed by atoms with Gasteiger partial charge in [-0.3, -0.25) is 4.79 Å². The molecule has 1 heterocycles. The van der Waals surface area contributed by atoms with Crippen molar-refractivity contribution in [2.75, 3.05) is 13.1 Å². The monoisotopic (exact) mass is 333 g/mol. The fourth-order valence-corrected chi connectivity index (χ4v) is 3.26. The van der Waals surface area contributed by atoms with Crippen LogP contribution < -0.4 is 0 Å². The molecule has 0 saturated carbocycles. The van der Waals surface area contributed by atoms with E-state index in [1.54, 1.807) is 4.90 Å². The van der Waals surface area contributed by atoms with Gasteiger partial charge in [0.2, 0.25) is 0 Å². The number of likely N-dealkylation sites (tertiary alicyclic amines) is 1. The first-order chi connectivity index (χ1) is 9.70. The summed E-state index contributed by atoms with van der Waals surface area (Å²) in [6.07, 6.45) is 1.72. The Bertz CT molecular complexity index is 667. The van der Waals surface area contributed by atoms with Gasteiger partial charge in [-0.05, 0) is 43.4 Å². The van der Waals surface area contributed by atoms with Crippen LogP contribution in [0.4, 0.5) is 4.39 Å². The first kappa shape index (κ1) is 16.2. The molecule has 0 bridgehead atoms. The third kappa shape index (κ3) is 3.55. The van der Waals surface area contributed by atoms with Gasteiger partial charge in [-0.2, -0.15) is 0 Å². The highest BCUT2D eigenvalue weighted by Crippen LogP contribution is 2.25. The van der Waals surface area contributed by atoms with Crippen LogP contribution in [0.2, 0.25) is 0 Å². The zero-order valence-electron chi connectivity index (χ0n) is 11.9. The zero-order chi connectivity index (χ0) is 15.8. The van der Waals surface area contributed by atoms with E-state index in [-0.39, 0.29) is 16.0 Å². The van der Waals surface area contributed by atoms with Crippen molar-refractivity contribution in [1.29, 1.82) is 0 Å². The minimum Gasteiger partial charge on any atom is -0.339 e. The molecule has 7 heteroatoms. The number of amides is 1. The van der Waals surface area contributed by atoms with Crippen LogP contribution in [0.15, 0.2) is 17.0 Å². The first-order valence-electron chi connectivity index (χ1n) is 6.74. The summed E-state index contributed by atoms with van der Waals surface area (Å²) in [7, 11) is 1.29. The van der Waals surface area contributed by atoms with E-state index in [1.807, 2.05) is 0 Å². The summed E-state index contributed by atoms with van der Waals surface area (Å²) in [5, 5.41) is 0. The Morgan fingerprint density at radius 3 is 2.43 bits per heavy atom. The second kappa shape index (κ2) is 5.93. The van der Waals surface area contributed by atoms with E-state index >= 15 is 0 Å². The lowest BCUT2D eigenvalue weighted by Gasteiger charge is -2.30. The lowest BCUT2D eigenvalue weighted by molar-refractivity contribution is 0.0692. The summed E-state index contributed by atoms with van der Waals surface area (Å²) >= 11 is 0. The van der Waals surface area contributed by atoms with Crippen LogP contribution in [-0.4, -0.2) is 32.3 Å². The van der Waals surface area contributed by atoms with Gasteiger partial charge in [-0.1, -0.05) is 6.92 Å². The van der Waals surface area contributed by atoms with Gasteiger partial charge in [0.05, 0.1) is 10.5 Å². The van der Waals surface area contributed by atoms with Crippen molar-refractivity contribution < 1.29 is 17.6 Å². The Morgan fingerprint density at radius 2 is 1.90 bits per heavy atom. The molecule has 0 radical (unpaired) electrons. The number of hydrogen-bond donors (Lipinski definition) is 0. The lowest BCUT2D eigenvalue weighted by atomic mass is 9.98. The van der Waals surface area contributed by atoms with Crippen LogP contribution in [0, 0.1) is 18.7 Å². The van der Waals surface area contributed by atoms with E-state index in [9.17, 15) is 17.6 Å². The lowest BCUT2D eigenvalue weighted by Crippen LogP contribution is -2.38. The number of carbonyl (C=O) groups is 1. The number of aryl methyl sites for hydroxylation is 1. The average Bonchev–Trinajstić information content (AvgIpc) is 2.40. The van der Waals surface area contributed by atoms with Gasteiger partial charge < -0.3 is 4.90 Å². The van der Waals surface area contributed by atoms with Crippen LogP contribution in [0.3, 0.4) is 0 Å². The largest absolute Gasteiger partial charge is 0.339 e. The summed E-state index contributed by atoms with van der Waals surface area (Å²) in [5.74, 6) is -0.637. The number of hydrogen-bond acceptors (Lipinski definition) is 3. The Kier molecular flexibility index (Phi) is 4.58. The molecule has 0 aliphatic carbocycles. The second-order valence-electron chi connectivity index (χ2n) is 5.51. The maximum absolute atomic E-state index is 14.2. The van der Waals surface area contributed by atoms with E-state index in [1.165, 1.54) is 6.92 Å². The highest BCUT2D eigenvalue weighted by Gasteiger charge is 2.26. The van der Waals surface area contributed by atoms with Crippen LogP contribution in [-0.2, 0) is 9.05 Å². The molecule has 1 aromatic carbocycles. The zero-order valence-corrected chi connectivity index (χ0v) is 13.5. The number of nitrogens with zero attached hydrogens (tertiary/aromatic N) is 1. The molecule has 0 spiro atoms. The van der Waals surface area contributed by atoms with Crippen molar-refractivity contribution in [1.82, 2.24) is 4.90 Å². The molecule has 1 aliphatic heterocycles. The average molecular weight is 334 g/mol. The number of benzene rings is 1. The van der Waals surface area contributed by atoms with Gasteiger partial charge in [0.1, 0.15) is 5.82 Å². The fraction of sp³-hybridized carbons (Fsp3) is 0.500. The van der Waals surface area contributed by atoms with Gasteiger partial charge in [0.15, 0.2) is 0 Å². The molecule has 0 N–H and O–H groups in total. The second-order valence-corrected chi connectivity index (χ2v) is 8.08. The van der Waals surface area contributed by atoms with Crippen molar-refractivity contribution in [3.63, 3.8) is 0 Å². The molecule has 1 fully saturated rings. The normalized spacial score (nSPS) is 17.0. The molecule has 4 nitrogen and oxygen atoms in total. The Balaban J connectivity index is 2.39. The summed E-state index contributed by atoms with van der Waals surface area (Å²) in [4.78, 5) is 13.7. The maximum atomic E-state index is 14.2. The van der Waals surface area contributed by atoms with Crippen molar-refractivity contribution in [2.45, 2.75) is 31.6 Å².